The lowest BCUT2D eigenvalue weighted by atomic mass is 10.1. The molecular weight excluding hydrogens is 296 g/mol. The average Bonchev–Trinajstić information content (AvgIpc) is 3.05. The molecule has 0 fully saturated rings. The number of carboxylic acid groups (broad SMARTS) is 1. The van der Waals surface area contributed by atoms with E-state index in [4.69, 9.17) is 10.8 Å². The fourth-order valence-electron chi connectivity index (χ4n) is 2.14. The summed E-state index contributed by atoms with van der Waals surface area (Å²) in [4.78, 5) is 22.3. The summed E-state index contributed by atoms with van der Waals surface area (Å²) in [6.07, 6.45) is 1.65. The first-order chi connectivity index (χ1) is 11.0. The van der Waals surface area contributed by atoms with Crippen LogP contribution in [-0.2, 0) is 0 Å². The predicted octanol–water partition coefficient (Wildman–Crippen LogP) is 1.73. The van der Waals surface area contributed by atoms with Crippen molar-refractivity contribution in [1.29, 1.82) is 0 Å². The molecule has 114 valence electrons. The maximum Gasteiger partial charge on any atom is 0.335 e. The number of primary amides is 1. The zero-order valence-electron chi connectivity index (χ0n) is 11.9. The van der Waals surface area contributed by atoms with E-state index in [0.29, 0.717) is 22.5 Å². The van der Waals surface area contributed by atoms with Crippen LogP contribution in [0.25, 0.3) is 16.9 Å². The molecule has 1 amide bonds. The molecule has 0 aliphatic rings. The molecule has 7 heteroatoms. The van der Waals surface area contributed by atoms with E-state index >= 15 is 0 Å². The number of hydrogen-bond acceptors (Lipinski definition) is 4. The topological polar surface area (TPSA) is 111 Å². The molecule has 0 bridgehead atoms. The standard InChI is InChI=1S/C16H12N4O3/c17-15(21)11-4-2-6-13(8-11)20-9-14(18-19-20)10-3-1-5-12(7-10)16(22)23/h1-9H,(H2,17,21)(H,22,23). The summed E-state index contributed by atoms with van der Waals surface area (Å²) >= 11 is 0. The molecule has 3 N–H and O–H groups in total. The van der Waals surface area contributed by atoms with Gasteiger partial charge in [-0.25, -0.2) is 9.48 Å². The molecule has 1 heterocycles. The number of carboxylic acids is 1. The second-order valence-electron chi connectivity index (χ2n) is 4.85. The van der Waals surface area contributed by atoms with Crippen molar-refractivity contribution >= 4 is 11.9 Å². The summed E-state index contributed by atoms with van der Waals surface area (Å²) in [7, 11) is 0. The number of aromatic carboxylic acids is 1. The summed E-state index contributed by atoms with van der Waals surface area (Å²) < 4.78 is 1.50. The minimum atomic E-state index is -1.01. The summed E-state index contributed by atoms with van der Waals surface area (Å²) in [6.45, 7) is 0. The van der Waals surface area contributed by atoms with Gasteiger partial charge < -0.3 is 10.8 Å². The maximum absolute atomic E-state index is 11.2. The molecule has 0 radical (unpaired) electrons. The van der Waals surface area contributed by atoms with Gasteiger partial charge in [-0.15, -0.1) is 5.10 Å². The molecule has 0 spiro atoms. The number of hydrogen-bond donors (Lipinski definition) is 2. The molecule has 3 rings (SSSR count). The van der Waals surface area contributed by atoms with Crippen molar-refractivity contribution in [1.82, 2.24) is 15.0 Å². The summed E-state index contributed by atoms with van der Waals surface area (Å²) in [5.41, 5.74) is 7.60. The van der Waals surface area contributed by atoms with Crippen LogP contribution >= 0.6 is 0 Å². The maximum atomic E-state index is 11.2. The lowest BCUT2D eigenvalue weighted by molar-refractivity contribution is 0.0696. The van der Waals surface area contributed by atoms with E-state index in [-0.39, 0.29) is 5.56 Å². The predicted molar refractivity (Wildman–Crippen MR) is 82.3 cm³/mol. The molecule has 3 aromatic rings. The van der Waals surface area contributed by atoms with Crippen molar-refractivity contribution in [3.8, 4) is 16.9 Å². The van der Waals surface area contributed by atoms with Crippen LogP contribution in [-0.4, -0.2) is 32.0 Å². The first-order valence-electron chi connectivity index (χ1n) is 6.71. The van der Waals surface area contributed by atoms with Crippen LogP contribution in [0.5, 0.6) is 0 Å². The van der Waals surface area contributed by atoms with Gasteiger partial charge in [-0.05, 0) is 30.3 Å². The normalized spacial score (nSPS) is 10.4. The Balaban J connectivity index is 1.97. The molecule has 7 nitrogen and oxygen atoms in total. The third-order valence-electron chi connectivity index (χ3n) is 3.29. The van der Waals surface area contributed by atoms with Crippen molar-refractivity contribution in [2.75, 3.05) is 0 Å². The molecule has 0 aliphatic carbocycles. The van der Waals surface area contributed by atoms with Crippen molar-refractivity contribution < 1.29 is 14.7 Å². The highest BCUT2D eigenvalue weighted by atomic mass is 16.4. The first-order valence-corrected chi connectivity index (χ1v) is 6.71. The van der Waals surface area contributed by atoms with Crippen LogP contribution in [0.15, 0.2) is 54.7 Å². The molecule has 0 aliphatic heterocycles. The van der Waals surface area contributed by atoms with Crippen LogP contribution in [0.2, 0.25) is 0 Å². The van der Waals surface area contributed by atoms with Crippen LogP contribution in [0.3, 0.4) is 0 Å². The van der Waals surface area contributed by atoms with E-state index < -0.39 is 11.9 Å². The number of benzene rings is 2. The van der Waals surface area contributed by atoms with Crippen molar-refractivity contribution in [3.63, 3.8) is 0 Å². The number of carbonyl (C=O) groups excluding carboxylic acids is 1. The van der Waals surface area contributed by atoms with Gasteiger partial charge in [0.1, 0.15) is 5.69 Å². The Hall–Kier alpha value is -3.48. The summed E-state index contributed by atoms with van der Waals surface area (Å²) in [5, 5.41) is 17.1. The zero-order valence-corrected chi connectivity index (χ0v) is 11.9. The van der Waals surface area contributed by atoms with E-state index in [1.165, 1.54) is 16.8 Å². The largest absolute Gasteiger partial charge is 0.478 e. The fraction of sp³-hybridized carbons (Fsp3) is 0. The Bertz CT molecular complexity index is 830. The lowest BCUT2D eigenvalue weighted by Gasteiger charge is -2.01. The van der Waals surface area contributed by atoms with Crippen LogP contribution in [0, 0.1) is 0 Å². The molecule has 0 saturated heterocycles. The van der Waals surface area contributed by atoms with E-state index in [2.05, 4.69) is 10.3 Å². The molecule has 0 unspecified atom stereocenters. The van der Waals surface area contributed by atoms with E-state index in [9.17, 15) is 9.59 Å². The number of aromatic nitrogens is 3. The smallest absolute Gasteiger partial charge is 0.335 e. The number of carbonyl (C=O) groups is 2. The number of rotatable bonds is 4. The number of nitrogens with two attached hydrogens (primary N) is 1. The Morgan fingerprint density at radius 2 is 1.78 bits per heavy atom. The molecule has 0 saturated carbocycles. The third-order valence-corrected chi connectivity index (χ3v) is 3.29. The van der Waals surface area contributed by atoms with E-state index in [1.807, 2.05) is 0 Å². The van der Waals surface area contributed by atoms with Crippen molar-refractivity contribution in [3.05, 3.63) is 65.9 Å². The van der Waals surface area contributed by atoms with Crippen LogP contribution in [0.1, 0.15) is 20.7 Å². The Labute approximate surface area is 131 Å². The second-order valence-corrected chi connectivity index (χ2v) is 4.85. The van der Waals surface area contributed by atoms with Gasteiger partial charge in [-0.1, -0.05) is 23.4 Å². The third kappa shape index (κ3) is 2.93. The zero-order chi connectivity index (χ0) is 16.4. The van der Waals surface area contributed by atoms with Crippen molar-refractivity contribution in [2.45, 2.75) is 0 Å². The Morgan fingerprint density at radius 3 is 2.52 bits per heavy atom. The number of amides is 1. The van der Waals surface area contributed by atoms with E-state index in [1.54, 1.807) is 42.6 Å². The monoisotopic (exact) mass is 308 g/mol. The molecule has 2 aromatic carbocycles. The quantitative estimate of drug-likeness (QED) is 0.762. The van der Waals surface area contributed by atoms with Crippen LogP contribution < -0.4 is 5.73 Å². The molecule has 23 heavy (non-hydrogen) atoms. The van der Waals surface area contributed by atoms with E-state index in [0.717, 1.165) is 0 Å². The Morgan fingerprint density at radius 1 is 1.04 bits per heavy atom. The van der Waals surface area contributed by atoms with Crippen molar-refractivity contribution in [2.24, 2.45) is 5.73 Å². The van der Waals surface area contributed by atoms with Gasteiger partial charge in [-0.2, -0.15) is 0 Å². The number of nitrogens with zero attached hydrogens (tertiary/aromatic N) is 3. The summed E-state index contributed by atoms with van der Waals surface area (Å²) in [5.74, 6) is -1.53. The highest BCUT2D eigenvalue weighted by Gasteiger charge is 2.09. The molecule has 0 atom stereocenters. The fourth-order valence-corrected chi connectivity index (χ4v) is 2.14. The SMILES string of the molecule is NC(=O)c1cccc(-n2cc(-c3cccc(C(=O)O)c3)nn2)c1. The lowest BCUT2D eigenvalue weighted by Crippen LogP contribution is -2.11. The Kier molecular flexibility index (Phi) is 3.60. The van der Waals surface area contributed by atoms with Gasteiger partial charge in [0.05, 0.1) is 17.4 Å². The van der Waals surface area contributed by atoms with Gasteiger partial charge in [-0.3, -0.25) is 4.79 Å². The molecule has 1 aromatic heterocycles. The van der Waals surface area contributed by atoms with Gasteiger partial charge in [0, 0.05) is 11.1 Å². The highest BCUT2D eigenvalue weighted by molar-refractivity contribution is 5.93. The van der Waals surface area contributed by atoms with Gasteiger partial charge in [0.15, 0.2) is 0 Å². The highest BCUT2D eigenvalue weighted by Crippen LogP contribution is 2.19. The van der Waals surface area contributed by atoms with Gasteiger partial charge in [0.2, 0.25) is 5.91 Å². The summed E-state index contributed by atoms with van der Waals surface area (Å²) in [6, 6.07) is 13.1. The average molecular weight is 308 g/mol. The van der Waals surface area contributed by atoms with Crippen LogP contribution in [0.4, 0.5) is 0 Å². The van der Waals surface area contributed by atoms with Gasteiger partial charge in [0.25, 0.3) is 0 Å². The first kappa shape index (κ1) is 14.5. The minimum Gasteiger partial charge on any atom is -0.478 e. The molecular formula is C16H12N4O3. The second kappa shape index (κ2) is 5.72. The minimum absolute atomic E-state index is 0.174. The van der Waals surface area contributed by atoms with Gasteiger partial charge >= 0.3 is 5.97 Å².